The second-order valence-corrected chi connectivity index (χ2v) is 13.1. The van der Waals surface area contributed by atoms with Crippen molar-refractivity contribution in [3.63, 3.8) is 0 Å². The number of unbranched alkanes of at least 4 members (excludes halogenated alkanes) is 1. The summed E-state index contributed by atoms with van der Waals surface area (Å²) in [6, 6.07) is 12.0. The first-order valence-electron chi connectivity index (χ1n) is 11.3. The molecule has 0 heterocycles. The molecule has 0 radical (unpaired) electrons. The predicted molar refractivity (Wildman–Crippen MR) is 143 cm³/mol. The van der Waals surface area contributed by atoms with Gasteiger partial charge in [0.1, 0.15) is 11.6 Å². The Morgan fingerprint density at radius 1 is 0.892 bits per heavy atom. The van der Waals surface area contributed by atoms with Crippen molar-refractivity contribution in [2.45, 2.75) is 37.1 Å². The van der Waals surface area contributed by atoms with Gasteiger partial charge in [0.05, 0.1) is 22.4 Å². The van der Waals surface area contributed by atoms with E-state index in [0.717, 1.165) is 10.4 Å². The van der Waals surface area contributed by atoms with E-state index in [1.807, 2.05) is 0 Å². The monoisotopic (exact) mass is 590 g/mol. The number of nitrogens with one attached hydrogen (secondary N) is 1. The van der Waals surface area contributed by atoms with Crippen molar-refractivity contribution in [2.75, 3.05) is 17.1 Å². The minimum absolute atomic E-state index is 0.103. The number of nitrogens with zero attached hydrogens (tertiary/aromatic N) is 1. The van der Waals surface area contributed by atoms with E-state index in [-0.39, 0.29) is 27.8 Å². The van der Waals surface area contributed by atoms with Crippen LogP contribution in [0.1, 0.15) is 36.9 Å². The molecule has 37 heavy (non-hydrogen) atoms. The Balaban J connectivity index is 2.07. The van der Waals surface area contributed by atoms with E-state index < -0.39 is 37.7 Å². The summed E-state index contributed by atoms with van der Waals surface area (Å²) in [5, 5.41) is 0.457. The molecule has 0 unspecified atom stereocenters. The molecule has 0 aliphatic heterocycles. The molecule has 6 nitrogen and oxygen atoms in total. The summed E-state index contributed by atoms with van der Waals surface area (Å²) in [7, 11) is -6.41. The van der Waals surface area contributed by atoms with Crippen LogP contribution < -0.4 is 9.03 Å². The summed E-state index contributed by atoms with van der Waals surface area (Å²) in [4.78, 5) is -0.121. The van der Waals surface area contributed by atoms with Gasteiger partial charge in [-0.25, -0.2) is 30.3 Å². The number of benzene rings is 3. The highest BCUT2D eigenvalue weighted by atomic mass is 35.5. The summed E-state index contributed by atoms with van der Waals surface area (Å²) in [6.07, 6.45) is 0.992. The van der Waals surface area contributed by atoms with E-state index in [9.17, 15) is 21.2 Å². The molecule has 1 N–H and O–H groups in total. The molecular formula is C25H26Cl2F2N2O4S2. The Bertz CT molecular complexity index is 1470. The average Bonchev–Trinajstić information content (AvgIpc) is 2.84. The van der Waals surface area contributed by atoms with Crippen molar-refractivity contribution in [3.05, 3.63) is 93.5 Å². The van der Waals surface area contributed by atoms with Gasteiger partial charge in [0.15, 0.2) is 0 Å². The topological polar surface area (TPSA) is 83.6 Å². The van der Waals surface area contributed by atoms with Crippen LogP contribution in [0.15, 0.2) is 65.6 Å². The van der Waals surface area contributed by atoms with Crippen LogP contribution in [0.2, 0.25) is 10.0 Å². The molecule has 3 aromatic carbocycles. The van der Waals surface area contributed by atoms with E-state index >= 15 is 4.39 Å². The van der Waals surface area contributed by atoms with Gasteiger partial charge >= 0.3 is 0 Å². The van der Waals surface area contributed by atoms with Crippen LogP contribution in [0.5, 0.6) is 0 Å². The highest BCUT2D eigenvalue weighted by Crippen LogP contribution is 2.38. The fourth-order valence-electron chi connectivity index (χ4n) is 3.96. The van der Waals surface area contributed by atoms with Crippen LogP contribution in [0.3, 0.4) is 0 Å². The first-order chi connectivity index (χ1) is 17.4. The van der Waals surface area contributed by atoms with Crippen molar-refractivity contribution < 1.29 is 25.6 Å². The Morgan fingerprint density at radius 2 is 1.54 bits per heavy atom. The zero-order valence-corrected chi connectivity index (χ0v) is 23.2. The van der Waals surface area contributed by atoms with Gasteiger partial charge in [-0.05, 0) is 99.0 Å². The summed E-state index contributed by atoms with van der Waals surface area (Å²) < 4.78 is 83.5. The van der Waals surface area contributed by atoms with E-state index in [4.69, 9.17) is 23.2 Å². The fraction of sp³-hybridized carbons (Fsp3) is 0.280. The van der Waals surface area contributed by atoms with E-state index in [0.29, 0.717) is 29.0 Å². The summed E-state index contributed by atoms with van der Waals surface area (Å²) in [6.45, 7) is 1.57. The van der Waals surface area contributed by atoms with Gasteiger partial charge in [0, 0.05) is 10.0 Å². The number of hydrogen-bond acceptors (Lipinski definition) is 4. The molecule has 0 spiro atoms. The van der Waals surface area contributed by atoms with Crippen molar-refractivity contribution in [1.82, 2.24) is 4.72 Å². The van der Waals surface area contributed by atoms with Crippen molar-refractivity contribution in [3.8, 4) is 0 Å². The van der Waals surface area contributed by atoms with E-state index in [1.54, 1.807) is 6.92 Å². The van der Waals surface area contributed by atoms with Crippen LogP contribution in [0.25, 0.3) is 0 Å². The number of sulfonamides is 2. The third-order valence-corrected chi connectivity index (χ3v) is 9.68. The van der Waals surface area contributed by atoms with Gasteiger partial charge in [-0.3, -0.25) is 4.31 Å². The lowest BCUT2D eigenvalue weighted by Crippen LogP contribution is -2.35. The van der Waals surface area contributed by atoms with Gasteiger partial charge in [-0.15, -0.1) is 0 Å². The SMILES string of the molecule is CNS(=O)(=O)CCCCc1cc(F)ccc1[C@@H](C)N(c1cc(Cl)ccc1F)S(=O)(=O)c1ccc(Cl)cc1. The van der Waals surface area contributed by atoms with Crippen LogP contribution in [-0.4, -0.2) is 29.6 Å². The summed E-state index contributed by atoms with van der Waals surface area (Å²) in [5.74, 6) is -1.45. The Labute approximate surface area is 226 Å². The molecule has 1 atom stereocenters. The van der Waals surface area contributed by atoms with E-state index in [2.05, 4.69) is 4.72 Å². The molecular weight excluding hydrogens is 565 g/mol. The molecule has 0 aliphatic rings. The summed E-state index contributed by atoms with van der Waals surface area (Å²) >= 11 is 12.0. The Kier molecular flexibility index (Phi) is 9.57. The third-order valence-electron chi connectivity index (χ3n) is 5.84. The van der Waals surface area contributed by atoms with Crippen molar-refractivity contribution >= 4 is 48.9 Å². The Hall–Kier alpha value is -2.24. The predicted octanol–water partition coefficient (Wildman–Crippen LogP) is 6.10. The first-order valence-corrected chi connectivity index (χ1v) is 15.1. The number of anilines is 1. The molecule has 0 bridgehead atoms. The van der Waals surface area contributed by atoms with Crippen LogP contribution in [-0.2, 0) is 26.5 Å². The maximum Gasteiger partial charge on any atom is 0.264 e. The molecule has 3 aromatic rings. The maximum atomic E-state index is 15.1. The number of hydrogen-bond donors (Lipinski definition) is 1. The lowest BCUT2D eigenvalue weighted by molar-refractivity contribution is 0.572. The fourth-order valence-corrected chi connectivity index (χ4v) is 6.67. The zero-order chi connectivity index (χ0) is 27.4. The number of halogens is 4. The highest BCUT2D eigenvalue weighted by molar-refractivity contribution is 7.92. The molecule has 0 aliphatic carbocycles. The minimum atomic E-state index is -4.34. The number of aryl methyl sites for hydroxylation is 1. The molecule has 0 amide bonds. The van der Waals surface area contributed by atoms with Crippen molar-refractivity contribution in [2.24, 2.45) is 0 Å². The second kappa shape index (κ2) is 12.1. The van der Waals surface area contributed by atoms with Crippen molar-refractivity contribution in [1.29, 1.82) is 0 Å². The zero-order valence-electron chi connectivity index (χ0n) is 20.1. The van der Waals surface area contributed by atoms with Gasteiger partial charge in [0.2, 0.25) is 10.0 Å². The maximum absolute atomic E-state index is 15.1. The largest absolute Gasteiger partial charge is 0.264 e. The molecule has 0 aromatic heterocycles. The smallest absolute Gasteiger partial charge is 0.256 e. The molecule has 0 saturated heterocycles. The molecule has 12 heteroatoms. The lowest BCUT2D eigenvalue weighted by Gasteiger charge is -2.32. The van der Waals surface area contributed by atoms with Gasteiger partial charge in [0.25, 0.3) is 10.0 Å². The molecule has 0 saturated carbocycles. The average molecular weight is 592 g/mol. The first kappa shape index (κ1) is 29.3. The van der Waals surface area contributed by atoms with Gasteiger partial charge in [-0.2, -0.15) is 0 Å². The normalized spacial score (nSPS) is 12.9. The highest BCUT2D eigenvalue weighted by Gasteiger charge is 2.33. The standard InChI is InChI=1S/C25H26Cl2F2N2O4S2/c1-17(23-12-9-21(28)15-18(23)5-3-4-14-36(32,33)30-2)31(25-16-20(27)8-13-24(25)29)37(34,35)22-10-6-19(26)7-11-22/h6-13,15-17,30H,3-5,14H2,1-2H3/t17-/m1/s1. The summed E-state index contributed by atoms with van der Waals surface area (Å²) in [5.41, 5.74) is 0.647. The quantitative estimate of drug-likeness (QED) is 0.273. The molecule has 3 rings (SSSR count). The van der Waals surface area contributed by atoms with E-state index in [1.165, 1.54) is 61.6 Å². The Morgan fingerprint density at radius 3 is 2.19 bits per heavy atom. The minimum Gasteiger partial charge on any atom is -0.256 e. The van der Waals surface area contributed by atoms with Crippen LogP contribution in [0.4, 0.5) is 14.5 Å². The van der Waals surface area contributed by atoms with Crippen LogP contribution >= 0.6 is 23.2 Å². The third kappa shape index (κ3) is 7.20. The second-order valence-electron chi connectivity index (χ2n) is 8.35. The lowest BCUT2D eigenvalue weighted by atomic mass is 9.97. The van der Waals surface area contributed by atoms with Crippen LogP contribution in [0, 0.1) is 11.6 Å². The number of rotatable bonds is 11. The van der Waals surface area contributed by atoms with Gasteiger partial charge in [-0.1, -0.05) is 29.3 Å². The molecule has 0 fully saturated rings. The molecule has 200 valence electrons. The van der Waals surface area contributed by atoms with Gasteiger partial charge < -0.3 is 0 Å².